The van der Waals surface area contributed by atoms with E-state index in [1.54, 1.807) is 29.2 Å². The average molecular weight is 537 g/mol. The summed E-state index contributed by atoms with van der Waals surface area (Å²) >= 11 is 0. The van der Waals surface area contributed by atoms with Gasteiger partial charge in [-0.05, 0) is 61.2 Å². The lowest BCUT2D eigenvalue weighted by Crippen LogP contribution is -2.38. The van der Waals surface area contributed by atoms with Crippen LogP contribution in [0.3, 0.4) is 0 Å². The van der Waals surface area contributed by atoms with Crippen molar-refractivity contribution in [1.29, 1.82) is 0 Å². The molecule has 0 bridgehead atoms. The maximum Gasteiger partial charge on any atom is 0.295 e. The number of hydrogen-bond acceptors (Lipinski definition) is 7. The number of ether oxygens (including phenoxy) is 3. The van der Waals surface area contributed by atoms with E-state index in [9.17, 15) is 14.7 Å². The summed E-state index contributed by atoms with van der Waals surface area (Å²) in [6.45, 7) is 9.72. The van der Waals surface area contributed by atoms with E-state index in [-0.39, 0.29) is 11.3 Å². The summed E-state index contributed by atoms with van der Waals surface area (Å²) in [5, 5.41) is 11.3. The maximum absolute atomic E-state index is 13.3. The first-order valence-corrected chi connectivity index (χ1v) is 14.1. The number of morpholine rings is 1. The average Bonchev–Trinajstić information content (AvgIpc) is 3.22. The zero-order valence-electron chi connectivity index (χ0n) is 23.1. The Labute approximate surface area is 231 Å². The number of aliphatic hydroxyl groups is 1. The van der Waals surface area contributed by atoms with Crippen LogP contribution in [-0.2, 0) is 14.3 Å². The van der Waals surface area contributed by atoms with Crippen molar-refractivity contribution in [1.82, 2.24) is 9.80 Å². The van der Waals surface area contributed by atoms with Gasteiger partial charge in [0.15, 0.2) is 0 Å². The van der Waals surface area contributed by atoms with Crippen LogP contribution >= 0.6 is 0 Å². The van der Waals surface area contributed by atoms with E-state index in [2.05, 4.69) is 11.8 Å². The van der Waals surface area contributed by atoms with Gasteiger partial charge in [0.25, 0.3) is 11.7 Å². The second-order valence-corrected chi connectivity index (χ2v) is 9.94. The molecule has 210 valence electrons. The number of likely N-dealkylation sites (tertiary alicyclic amines) is 1. The molecular formula is C31H40N2O6. The molecule has 0 radical (unpaired) electrons. The number of nitrogens with zero attached hydrogens (tertiary/aromatic N) is 2. The molecule has 0 saturated carbocycles. The fourth-order valence-corrected chi connectivity index (χ4v) is 4.91. The number of unbranched alkanes of at least 4 members (excludes halogenated alkanes) is 1. The molecule has 1 atom stereocenters. The lowest BCUT2D eigenvalue weighted by Gasteiger charge is -2.29. The van der Waals surface area contributed by atoms with Crippen LogP contribution in [0.5, 0.6) is 11.5 Å². The number of amides is 1. The Kier molecular flexibility index (Phi) is 10.4. The minimum atomic E-state index is -0.685. The molecule has 39 heavy (non-hydrogen) atoms. The first kappa shape index (κ1) is 28.6. The van der Waals surface area contributed by atoms with Gasteiger partial charge >= 0.3 is 0 Å². The van der Waals surface area contributed by atoms with Gasteiger partial charge in [-0.3, -0.25) is 14.5 Å². The number of carbonyl (C=O) groups excluding carboxylic acids is 2. The predicted octanol–water partition coefficient (Wildman–Crippen LogP) is 4.80. The number of benzene rings is 2. The van der Waals surface area contributed by atoms with Crippen molar-refractivity contribution in [3.8, 4) is 11.5 Å². The summed E-state index contributed by atoms with van der Waals surface area (Å²) in [6, 6.07) is 13.7. The molecule has 8 nitrogen and oxygen atoms in total. The van der Waals surface area contributed by atoms with Gasteiger partial charge in [0.2, 0.25) is 0 Å². The fraction of sp³-hybridized carbons (Fsp3) is 0.484. The number of hydrogen-bond donors (Lipinski definition) is 1. The van der Waals surface area contributed by atoms with Crippen LogP contribution in [0, 0.1) is 0 Å². The summed E-state index contributed by atoms with van der Waals surface area (Å²) < 4.78 is 16.9. The first-order chi connectivity index (χ1) is 19.0. The second-order valence-electron chi connectivity index (χ2n) is 9.94. The van der Waals surface area contributed by atoms with Gasteiger partial charge in [0, 0.05) is 31.7 Å². The van der Waals surface area contributed by atoms with Crippen LogP contribution in [0.25, 0.3) is 5.76 Å². The molecule has 2 aromatic carbocycles. The molecule has 2 aliphatic heterocycles. The third kappa shape index (κ3) is 7.19. The molecule has 4 rings (SSSR count). The zero-order valence-corrected chi connectivity index (χ0v) is 23.1. The van der Waals surface area contributed by atoms with Crippen molar-refractivity contribution in [3.05, 3.63) is 65.2 Å². The molecule has 2 saturated heterocycles. The summed E-state index contributed by atoms with van der Waals surface area (Å²) in [6.07, 6.45) is 3.61. The maximum atomic E-state index is 13.3. The van der Waals surface area contributed by atoms with Crippen LogP contribution in [0.1, 0.15) is 56.7 Å². The third-order valence-electron chi connectivity index (χ3n) is 7.08. The standard InChI is InChI=1S/C31H40N2O6/c1-3-5-20-39-26-11-7-23(8-12-26)28-27(29(34)24-9-13-25(14-10-24)38-19-4-2)30(35)31(36)33(28)16-6-15-32-17-21-37-22-18-32/h7-14,28,34H,3-6,15-22H2,1-2H3. The van der Waals surface area contributed by atoms with E-state index in [1.807, 2.05) is 31.2 Å². The third-order valence-corrected chi connectivity index (χ3v) is 7.08. The highest BCUT2D eigenvalue weighted by molar-refractivity contribution is 6.46. The van der Waals surface area contributed by atoms with Crippen LogP contribution in [0.15, 0.2) is 54.1 Å². The largest absolute Gasteiger partial charge is 0.507 e. The van der Waals surface area contributed by atoms with E-state index in [1.165, 1.54) is 0 Å². The lowest BCUT2D eigenvalue weighted by molar-refractivity contribution is -0.140. The Morgan fingerprint density at radius 3 is 2.15 bits per heavy atom. The van der Waals surface area contributed by atoms with Gasteiger partial charge in [0.05, 0.1) is 38.0 Å². The molecule has 8 heteroatoms. The van der Waals surface area contributed by atoms with Crippen LogP contribution in [0.4, 0.5) is 0 Å². The molecule has 2 fully saturated rings. The second kappa shape index (κ2) is 14.1. The van der Waals surface area contributed by atoms with Crippen molar-refractivity contribution in [2.75, 3.05) is 52.6 Å². The smallest absolute Gasteiger partial charge is 0.295 e. The van der Waals surface area contributed by atoms with Crippen LogP contribution < -0.4 is 9.47 Å². The number of rotatable bonds is 13. The van der Waals surface area contributed by atoms with Crippen molar-refractivity contribution < 1.29 is 28.9 Å². The van der Waals surface area contributed by atoms with Gasteiger partial charge < -0.3 is 24.2 Å². The zero-order chi connectivity index (χ0) is 27.6. The molecule has 1 amide bonds. The molecule has 2 aliphatic rings. The van der Waals surface area contributed by atoms with Gasteiger partial charge in [-0.15, -0.1) is 0 Å². The van der Waals surface area contributed by atoms with Crippen LogP contribution in [0.2, 0.25) is 0 Å². The van der Waals surface area contributed by atoms with Gasteiger partial charge in [-0.25, -0.2) is 0 Å². The monoisotopic (exact) mass is 536 g/mol. The molecular weight excluding hydrogens is 496 g/mol. The minimum Gasteiger partial charge on any atom is -0.507 e. The van der Waals surface area contributed by atoms with Crippen molar-refractivity contribution in [2.45, 2.75) is 45.6 Å². The quantitative estimate of drug-likeness (QED) is 0.170. The minimum absolute atomic E-state index is 0.105. The van der Waals surface area contributed by atoms with E-state index >= 15 is 0 Å². The highest BCUT2D eigenvalue weighted by atomic mass is 16.5. The summed E-state index contributed by atoms with van der Waals surface area (Å²) in [7, 11) is 0. The Morgan fingerprint density at radius 2 is 1.51 bits per heavy atom. The molecule has 1 unspecified atom stereocenters. The number of aliphatic hydroxyl groups excluding tert-OH is 1. The molecule has 0 aliphatic carbocycles. The molecule has 2 aromatic rings. The highest BCUT2D eigenvalue weighted by Gasteiger charge is 2.45. The van der Waals surface area contributed by atoms with E-state index in [0.717, 1.165) is 50.2 Å². The van der Waals surface area contributed by atoms with Crippen molar-refractivity contribution in [3.63, 3.8) is 0 Å². The Hall–Kier alpha value is -3.36. The van der Waals surface area contributed by atoms with Gasteiger partial charge in [0.1, 0.15) is 17.3 Å². The number of carbonyl (C=O) groups is 2. The first-order valence-electron chi connectivity index (χ1n) is 14.1. The van der Waals surface area contributed by atoms with Gasteiger partial charge in [-0.2, -0.15) is 0 Å². The summed E-state index contributed by atoms with van der Waals surface area (Å²) in [5.74, 6) is -0.0150. The van der Waals surface area contributed by atoms with E-state index in [0.29, 0.717) is 50.7 Å². The van der Waals surface area contributed by atoms with Crippen LogP contribution in [-0.4, -0.2) is 79.2 Å². The highest BCUT2D eigenvalue weighted by Crippen LogP contribution is 2.40. The topological polar surface area (TPSA) is 88.5 Å². The molecule has 2 heterocycles. The predicted molar refractivity (Wildman–Crippen MR) is 150 cm³/mol. The lowest BCUT2D eigenvalue weighted by atomic mass is 9.95. The molecule has 0 spiro atoms. The van der Waals surface area contributed by atoms with Crippen molar-refractivity contribution >= 4 is 17.4 Å². The Balaban J connectivity index is 1.61. The van der Waals surface area contributed by atoms with E-state index < -0.39 is 17.7 Å². The van der Waals surface area contributed by atoms with Crippen molar-refractivity contribution in [2.24, 2.45) is 0 Å². The Bertz CT molecular complexity index is 1120. The van der Waals surface area contributed by atoms with E-state index in [4.69, 9.17) is 14.2 Å². The summed E-state index contributed by atoms with van der Waals surface area (Å²) in [4.78, 5) is 30.5. The fourth-order valence-electron chi connectivity index (χ4n) is 4.91. The molecule has 1 N–H and O–H groups in total. The summed E-state index contributed by atoms with van der Waals surface area (Å²) in [5.41, 5.74) is 1.33. The Morgan fingerprint density at radius 1 is 0.872 bits per heavy atom. The molecule has 0 aromatic heterocycles. The number of ketones is 1. The number of Topliss-reactive ketones (excluding diaryl/α,β-unsaturated/α-hetero) is 1. The SMILES string of the molecule is CCCCOc1ccc(C2C(=C(O)c3ccc(OCCC)cc3)C(=O)C(=O)N2CCCN2CCOCC2)cc1. The van der Waals surface area contributed by atoms with Gasteiger partial charge in [-0.1, -0.05) is 32.4 Å². The normalized spacial score (nSPS) is 19.4.